The highest BCUT2D eigenvalue weighted by atomic mass is 16.5. The Morgan fingerprint density at radius 1 is 1.27 bits per heavy atom. The molecule has 0 N–H and O–H groups in total. The maximum Gasteiger partial charge on any atom is 0.163 e. The Kier molecular flexibility index (Phi) is 2.98. The highest BCUT2D eigenvalue weighted by Crippen LogP contribution is 2.53. The van der Waals surface area contributed by atoms with Gasteiger partial charge in [0.2, 0.25) is 0 Å². The van der Waals surface area contributed by atoms with Gasteiger partial charge in [-0.25, -0.2) is 0 Å². The molecule has 1 saturated heterocycles. The summed E-state index contributed by atoms with van der Waals surface area (Å²) in [4.78, 5) is 12.7. The van der Waals surface area contributed by atoms with Crippen LogP contribution in [-0.4, -0.2) is 18.0 Å². The first-order valence-corrected chi connectivity index (χ1v) is 8.00. The molecule has 2 nitrogen and oxygen atoms in total. The van der Waals surface area contributed by atoms with Gasteiger partial charge in [0.05, 0.1) is 18.1 Å². The molecule has 0 spiro atoms. The van der Waals surface area contributed by atoms with E-state index in [1.807, 2.05) is 24.3 Å². The molecule has 0 bridgehead atoms. The Bertz CT molecular complexity index is 723. The minimum absolute atomic E-state index is 0.106. The summed E-state index contributed by atoms with van der Waals surface area (Å²) >= 11 is 0. The molecular formula is C20H20O2. The van der Waals surface area contributed by atoms with Crippen LogP contribution >= 0.6 is 0 Å². The summed E-state index contributed by atoms with van der Waals surface area (Å²) in [6.45, 7) is 4.94. The predicted molar refractivity (Wildman–Crippen MR) is 87.2 cm³/mol. The van der Waals surface area contributed by atoms with Gasteiger partial charge in [-0.1, -0.05) is 43.3 Å². The average Bonchev–Trinajstić information content (AvgIpc) is 2.91. The summed E-state index contributed by atoms with van der Waals surface area (Å²) in [7, 11) is 0. The van der Waals surface area contributed by atoms with Gasteiger partial charge in [-0.05, 0) is 47.8 Å². The Labute approximate surface area is 131 Å². The highest BCUT2D eigenvalue weighted by molar-refractivity contribution is 6.03. The Morgan fingerprint density at radius 3 is 2.77 bits per heavy atom. The van der Waals surface area contributed by atoms with Gasteiger partial charge in [0.25, 0.3) is 0 Å². The molecule has 3 aliphatic rings. The SMILES string of the molecule is CCC1=C2CO[C@@]3(C)C=CC(=O)[C@@H](C(c4ccccc4)=C1)[C@@H]23. The largest absolute Gasteiger partial charge is 0.366 e. The van der Waals surface area contributed by atoms with E-state index in [1.165, 1.54) is 11.1 Å². The molecule has 1 aliphatic heterocycles. The molecule has 1 aromatic carbocycles. The summed E-state index contributed by atoms with van der Waals surface area (Å²) in [6, 6.07) is 10.3. The fraction of sp³-hybridized carbons (Fsp3) is 0.350. The predicted octanol–water partition coefficient (Wildman–Crippen LogP) is 3.95. The Balaban J connectivity index is 1.94. The Morgan fingerprint density at radius 2 is 2.05 bits per heavy atom. The lowest BCUT2D eigenvalue weighted by Gasteiger charge is -2.40. The van der Waals surface area contributed by atoms with E-state index in [0.29, 0.717) is 6.61 Å². The van der Waals surface area contributed by atoms with E-state index in [4.69, 9.17) is 4.74 Å². The van der Waals surface area contributed by atoms with Gasteiger partial charge in [0.1, 0.15) is 0 Å². The van der Waals surface area contributed by atoms with E-state index in [9.17, 15) is 4.79 Å². The number of ether oxygens (including phenoxy) is 1. The molecular weight excluding hydrogens is 272 g/mol. The number of hydrogen-bond donors (Lipinski definition) is 0. The lowest BCUT2D eigenvalue weighted by Crippen LogP contribution is -2.43. The van der Waals surface area contributed by atoms with Crippen LogP contribution in [0.15, 0.2) is 59.7 Å². The third-order valence-corrected chi connectivity index (χ3v) is 5.32. The number of rotatable bonds is 2. The molecule has 0 radical (unpaired) electrons. The van der Waals surface area contributed by atoms with Gasteiger partial charge in [0.15, 0.2) is 5.78 Å². The van der Waals surface area contributed by atoms with E-state index in [-0.39, 0.29) is 23.2 Å². The number of benzene rings is 1. The van der Waals surface area contributed by atoms with Gasteiger partial charge < -0.3 is 4.74 Å². The zero-order valence-corrected chi connectivity index (χ0v) is 13.0. The van der Waals surface area contributed by atoms with Gasteiger partial charge >= 0.3 is 0 Å². The average molecular weight is 292 g/mol. The second kappa shape index (κ2) is 4.79. The first-order valence-electron chi connectivity index (χ1n) is 8.00. The zero-order valence-electron chi connectivity index (χ0n) is 13.0. The minimum Gasteiger partial charge on any atom is -0.366 e. The molecule has 1 aromatic rings. The summed E-state index contributed by atoms with van der Waals surface area (Å²) in [5.41, 5.74) is 4.62. The summed E-state index contributed by atoms with van der Waals surface area (Å²) in [6.07, 6.45) is 6.90. The van der Waals surface area contributed by atoms with Crippen molar-refractivity contribution in [3.63, 3.8) is 0 Å². The molecule has 0 amide bonds. The third kappa shape index (κ3) is 1.80. The molecule has 1 heterocycles. The number of carbonyl (C=O) groups is 1. The molecule has 112 valence electrons. The molecule has 0 unspecified atom stereocenters. The van der Waals surface area contributed by atoms with Crippen LogP contribution in [0.2, 0.25) is 0 Å². The second-order valence-electron chi connectivity index (χ2n) is 6.53. The molecule has 3 atom stereocenters. The fourth-order valence-corrected chi connectivity index (χ4v) is 4.18. The lowest BCUT2D eigenvalue weighted by atomic mass is 9.63. The second-order valence-corrected chi connectivity index (χ2v) is 6.53. The van der Waals surface area contributed by atoms with E-state index in [1.54, 1.807) is 6.08 Å². The first-order chi connectivity index (χ1) is 10.6. The fourth-order valence-electron chi connectivity index (χ4n) is 4.18. The van der Waals surface area contributed by atoms with Crippen molar-refractivity contribution in [2.45, 2.75) is 25.9 Å². The van der Waals surface area contributed by atoms with Gasteiger partial charge in [0, 0.05) is 5.92 Å². The number of carbonyl (C=O) groups excluding carboxylic acids is 1. The van der Waals surface area contributed by atoms with Crippen LogP contribution < -0.4 is 0 Å². The van der Waals surface area contributed by atoms with E-state index in [2.05, 4.69) is 32.1 Å². The van der Waals surface area contributed by atoms with Crippen molar-refractivity contribution in [3.05, 3.63) is 65.3 Å². The molecule has 0 saturated carbocycles. The highest BCUT2D eigenvalue weighted by Gasteiger charge is 2.53. The molecule has 0 aromatic heterocycles. The van der Waals surface area contributed by atoms with Crippen molar-refractivity contribution in [2.75, 3.05) is 6.61 Å². The monoisotopic (exact) mass is 292 g/mol. The van der Waals surface area contributed by atoms with Crippen LogP contribution in [0.25, 0.3) is 5.57 Å². The molecule has 1 fully saturated rings. The van der Waals surface area contributed by atoms with Crippen LogP contribution in [0.5, 0.6) is 0 Å². The standard InChI is InChI=1S/C20H20O2/c1-3-13-11-15(14-7-5-4-6-8-14)18-17(21)9-10-20(2)19(18)16(13)12-22-20/h4-11,18-19H,3,12H2,1-2H3/t18-,19-,20+/m1/s1. The quantitative estimate of drug-likeness (QED) is 0.825. The van der Waals surface area contributed by atoms with Crippen molar-refractivity contribution >= 4 is 11.4 Å². The number of allylic oxidation sites excluding steroid dienone is 4. The van der Waals surface area contributed by atoms with Crippen LogP contribution in [0.1, 0.15) is 25.8 Å². The molecule has 22 heavy (non-hydrogen) atoms. The van der Waals surface area contributed by atoms with E-state index >= 15 is 0 Å². The van der Waals surface area contributed by atoms with Crippen molar-refractivity contribution in [3.8, 4) is 0 Å². The number of hydrogen-bond acceptors (Lipinski definition) is 2. The molecule has 4 rings (SSSR count). The summed E-state index contributed by atoms with van der Waals surface area (Å²) < 4.78 is 6.09. The molecule has 2 aliphatic carbocycles. The zero-order chi connectivity index (χ0) is 15.3. The van der Waals surface area contributed by atoms with E-state index < -0.39 is 0 Å². The van der Waals surface area contributed by atoms with E-state index in [0.717, 1.165) is 17.6 Å². The van der Waals surface area contributed by atoms with Crippen LogP contribution in [0, 0.1) is 11.8 Å². The van der Waals surface area contributed by atoms with Crippen molar-refractivity contribution in [2.24, 2.45) is 11.8 Å². The van der Waals surface area contributed by atoms with Crippen molar-refractivity contribution < 1.29 is 9.53 Å². The Hall–Kier alpha value is -1.93. The topological polar surface area (TPSA) is 26.3 Å². The maximum atomic E-state index is 12.7. The van der Waals surface area contributed by atoms with Gasteiger partial charge in [-0.3, -0.25) is 4.79 Å². The van der Waals surface area contributed by atoms with Crippen molar-refractivity contribution in [1.29, 1.82) is 0 Å². The van der Waals surface area contributed by atoms with Crippen molar-refractivity contribution in [1.82, 2.24) is 0 Å². The van der Waals surface area contributed by atoms with Crippen LogP contribution in [-0.2, 0) is 9.53 Å². The third-order valence-electron chi connectivity index (χ3n) is 5.32. The maximum absolute atomic E-state index is 12.7. The normalized spacial score (nSPS) is 33.0. The lowest BCUT2D eigenvalue weighted by molar-refractivity contribution is -0.120. The smallest absolute Gasteiger partial charge is 0.163 e. The molecule has 2 heteroatoms. The van der Waals surface area contributed by atoms with Crippen LogP contribution in [0.3, 0.4) is 0 Å². The minimum atomic E-state index is -0.345. The number of ketones is 1. The van der Waals surface area contributed by atoms with Gasteiger partial charge in [-0.2, -0.15) is 0 Å². The van der Waals surface area contributed by atoms with Crippen LogP contribution in [0.4, 0.5) is 0 Å². The summed E-state index contributed by atoms with van der Waals surface area (Å²) in [5.74, 6) is 0.251. The first kappa shape index (κ1) is 13.7. The van der Waals surface area contributed by atoms with Gasteiger partial charge in [-0.15, -0.1) is 0 Å². The summed E-state index contributed by atoms with van der Waals surface area (Å²) in [5, 5.41) is 0.